The van der Waals surface area contributed by atoms with Crippen LogP contribution >= 0.6 is 23.8 Å². The topological polar surface area (TPSA) is 90.3 Å². The van der Waals surface area contributed by atoms with E-state index in [0.29, 0.717) is 51.1 Å². The van der Waals surface area contributed by atoms with Gasteiger partial charge in [-0.15, -0.1) is 10.2 Å². The number of aromatic nitrogens is 3. The van der Waals surface area contributed by atoms with E-state index in [0.717, 1.165) is 11.1 Å². The number of nitrogens with one attached hydrogen (secondary N) is 2. The minimum Gasteiger partial charge on any atom is -0.495 e. The van der Waals surface area contributed by atoms with Crippen molar-refractivity contribution >= 4 is 51.6 Å². The van der Waals surface area contributed by atoms with Gasteiger partial charge in [0.1, 0.15) is 29.1 Å². The molecule has 0 saturated heterocycles. The summed E-state index contributed by atoms with van der Waals surface area (Å²) in [5, 5.41) is 15.6. The van der Waals surface area contributed by atoms with Crippen molar-refractivity contribution in [3.05, 3.63) is 107 Å². The fraction of sp³-hybridized carbons (Fsp3) is 0.103. The Kier molecular flexibility index (Phi) is 7.72. The Hall–Kier alpha value is -4.47. The number of aryl methyl sites for hydroxylation is 1. The number of nitrogens with zero attached hydrogens (tertiary/aromatic N) is 3. The van der Waals surface area contributed by atoms with Crippen LogP contribution < -0.4 is 20.1 Å². The third kappa shape index (κ3) is 6.17. The van der Waals surface area contributed by atoms with E-state index in [2.05, 4.69) is 20.8 Å². The SMILES string of the molecule is COc1ccc(-n2nc3cc(C)c(NC(=S)NC(=O)c4cccc(OCc5ccccc5)c4)cc3n2)cc1Cl. The number of hydrogen-bond acceptors (Lipinski definition) is 6. The molecule has 8 nitrogen and oxygen atoms in total. The number of thiocarbonyl (C=S) groups is 1. The monoisotopic (exact) mass is 557 g/mol. The molecule has 0 bridgehead atoms. The molecule has 5 rings (SSSR count). The third-order valence-corrected chi connectivity index (χ3v) is 6.41. The average molecular weight is 558 g/mol. The number of ether oxygens (including phenoxy) is 2. The molecular weight excluding hydrogens is 534 g/mol. The van der Waals surface area contributed by atoms with E-state index in [1.165, 1.54) is 4.80 Å². The number of fused-ring (bicyclic) bond motifs is 1. The second-order valence-corrected chi connectivity index (χ2v) is 9.49. The molecule has 1 heterocycles. The van der Waals surface area contributed by atoms with E-state index < -0.39 is 0 Å². The highest BCUT2D eigenvalue weighted by Crippen LogP contribution is 2.27. The maximum atomic E-state index is 12.9. The molecule has 0 spiro atoms. The highest BCUT2D eigenvalue weighted by Gasteiger charge is 2.13. The van der Waals surface area contributed by atoms with E-state index in [1.807, 2.05) is 61.5 Å². The summed E-state index contributed by atoms with van der Waals surface area (Å²) in [5.74, 6) is 0.813. The van der Waals surface area contributed by atoms with Crippen LogP contribution in [0.15, 0.2) is 84.9 Å². The van der Waals surface area contributed by atoms with Gasteiger partial charge >= 0.3 is 0 Å². The fourth-order valence-corrected chi connectivity index (χ4v) is 4.35. The van der Waals surface area contributed by atoms with Crippen molar-refractivity contribution in [1.29, 1.82) is 0 Å². The van der Waals surface area contributed by atoms with Crippen LogP contribution in [0.4, 0.5) is 5.69 Å². The normalized spacial score (nSPS) is 10.7. The predicted molar refractivity (Wildman–Crippen MR) is 156 cm³/mol. The molecule has 39 heavy (non-hydrogen) atoms. The zero-order valence-corrected chi connectivity index (χ0v) is 22.7. The number of hydrogen-bond donors (Lipinski definition) is 2. The Morgan fingerprint density at radius 3 is 2.49 bits per heavy atom. The quantitative estimate of drug-likeness (QED) is 0.234. The van der Waals surface area contributed by atoms with Crippen molar-refractivity contribution in [3.8, 4) is 17.2 Å². The van der Waals surface area contributed by atoms with E-state index in [-0.39, 0.29) is 11.0 Å². The molecule has 0 aliphatic carbocycles. The molecule has 0 aliphatic heterocycles. The molecule has 5 aromatic rings. The first-order chi connectivity index (χ1) is 18.9. The first-order valence-corrected chi connectivity index (χ1v) is 12.8. The minimum absolute atomic E-state index is 0.160. The average Bonchev–Trinajstić information content (AvgIpc) is 3.35. The first kappa shape index (κ1) is 26.1. The van der Waals surface area contributed by atoms with E-state index in [9.17, 15) is 4.79 Å². The molecule has 0 atom stereocenters. The van der Waals surface area contributed by atoms with Crippen molar-refractivity contribution in [1.82, 2.24) is 20.3 Å². The number of methoxy groups -OCH3 is 1. The number of halogens is 1. The second kappa shape index (κ2) is 11.5. The summed E-state index contributed by atoms with van der Waals surface area (Å²) in [5.41, 5.74) is 5.10. The number of amides is 1. The maximum absolute atomic E-state index is 12.9. The van der Waals surface area contributed by atoms with Gasteiger partial charge in [0.05, 0.1) is 17.8 Å². The Morgan fingerprint density at radius 2 is 1.74 bits per heavy atom. The molecule has 2 N–H and O–H groups in total. The summed E-state index contributed by atoms with van der Waals surface area (Å²) in [7, 11) is 1.56. The van der Waals surface area contributed by atoms with Gasteiger partial charge < -0.3 is 14.8 Å². The van der Waals surface area contributed by atoms with E-state index >= 15 is 0 Å². The molecule has 1 aromatic heterocycles. The van der Waals surface area contributed by atoms with Crippen molar-refractivity contribution < 1.29 is 14.3 Å². The molecule has 4 aromatic carbocycles. The van der Waals surface area contributed by atoms with Gasteiger partial charge in [-0.25, -0.2) is 0 Å². The van der Waals surface area contributed by atoms with Crippen LogP contribution in [0.25, 0.3) is 16.7 Å². The maximum Gasteiger partial charge on any atom is 0.257 e. The lowest BCUT2D eigenvalue weighted by atomic mass is 10.2. The van der Waals surface area contributed by atoms with Crippen LogP contribution in [0.2, 0.25) is 5.02 Å². The summed E-state index contributed by atoms with van der Waals surface area (Å²) in [6.07, 6.45) is 0. The number of carbonyl (C=O) groups excluding carboxylic acids is 1. The van der Waals surface area contributed by atoms with Gasteiger partial charge in [0.15, 0.2) is 5.11 Å². The van der Waals surface area contributed by atoms with Crippen LogP contribution in [-0.4, -0.2) is 33.1 Å². The van der Waals surface area contributed by atoms with Gasteiger partial charge in [0.25, 0.3) is 5.91 Å². The molecule has 10 heteroatoms. The standard InChI is InChI=1S/C29H24ClN5O3S/c1-18-13-25-26(34-35(33-25)21-11-12-27(37-2)23(30)15-21)16-24(18)31-29(39)32-28(36)20-9-6-10-22(14-20)38-17-19-7-4-3-5-8-19/h3-16H,17H2,1-2H3,(H2,31,32,36,39). The molecule has 1 amide bonds. The summed E-state index contributed by atoms with van der Waals surface area (Å²) in [6.45, 7) is 2.33. The minimum atomic E-state index is -0.348. The summed E-state index contributed by atoms with van der Waals surface area (Å²) >= 11 is 11.7. The Balaban J connectivity index is 1.26. The zero-order chi connectivity index (χ0) is 27.4. The summed E-state index contributed by atoms with van der Waals surface area (Å²) < 4.78 is 11.0. The number of benzene rings is 4. The number of rotatable bonds is 7. The lowest BCUT2D eigenvalue weighted by Crippen LogP contribution is -2.34. The largest absolute Gasteiger partial charge is 0.495 e. The Labute approximate surface area is 235 Å². The molecule has 0 fully saturated rings. The van der Waals surface area contributed by atoms with Crippen molar-refractivity contribution in [3.63, 3.8) is 0 Å². The highest BCUT2D eigenvalue weighted by atomic mass is 35.5. The van der Waals surface area contributed by atoms with Gasteiger partial charge in [0.2, 0.25) is 0 Å². The lowest BCUT2D eigenvalue weighted by molar-refractivity contribution is 0.0977. The van der Waals surface area contributed by atoms with Crippen molar-refractivity contribution in [2.45, 2.75) is 13.5 Å². The smallest absolute Gasteiger partial charge is 0.257 e. The van der Waals surface area contributed by atoms with Gasteiger partial charge in [-0.3, -0.25) is 10.1 Å². The van der Waals surface area contributed by atoms with Crippen molar-refractivity contribution in [2.75, 3.05) is 12.4 Å². The van der Waals surface area contributed by atoms with Gasteiger partial charge in [-0.2, -0.15) is 4.80 Å². The Bertz CT molecular complexity index is 1670. The molecule has 0 saturated carbocycles. The van der Waals surface area contributed by atoms with Crippen molar-refractivity contribution in [2.24, 2.45) is 0 Å². The molecule has 0 radical (unpaired) electrons. The third-order valence-electron chi connectivity index (χ3n) is 5.91. The van der Waals surface area contributed by atoms with E-state index in [4.69, 9.17) is 33.3 Å². The zero-order valence-electron chi connectivity index (χ0n) is 21.1. The molecule has 196 valence electrons. The van der Waals surface area contributed by atoms with Crippen LogP contribution in [0.3, 0.4) is 0 Å². The second-order valence-electron chi connectivity index (χ2n) is 8.67. The molecular formula is C29H24ClN5O3S. The van der Waals surface area contributed by atoms with Gasteiger partial charge in [-0.05, 0) is 78.8 Å². The van der Waals surface area contributed by atoms with Gasteiger partial charge in [0, 0.05) is 11.3 Å². The number of carbonyl (C=O) groups is 1. The predicted octanol–water partition coefficient (Wildman–Crippen LogP) is 6.10. The fourth-order valence-electron chi connectivity index (χ4n) is 3.89. The number of anilines is 1. The van der Waals surface area contributed by atoms with Gasteiger partial charge in [-0.1, -0.05) is 48.0 Å². The summed E-state index contributed by atoms with van der Waals surface area (Å²) in [6, 6.07) is 25.8. The van der Waals surface area contributed by atoms with Crippen LogP contribution in [0.1, 0.15) is 21.5 Å². The Morgan fingerprint density at radius 1 is 0.974 bits per heavy atom. The van der Waals surface area contributed by atoms with Crippen LogP contribution in [0, 0.1) is 6.92 Å². The molecule has 0 aliphatic rings. The summed E-state index contributed by atoms with van der Waals surface area (Å²) in [4.78, 5) is 14.4. The molecule has 0 unspecified atom stereocenters. The van der Waals surface area contributed by atoms with Crippen LogP contribution in [-0.2, 0) is 6.61 Å². The first-order valence-electron chi connectivity index (χ1n) is 12.0. The highest BCUT2D eigenvalue weighted by molar-refractivity contribution is 7.80. The van der Waals surface area contributed by atoms with Crippen LogP contribution in [0.5, 0.6) is 11.5 Å². The van der Waals surface area contributed by atoms with E-state index in [1.54, 1.807) is 37.4 Å². The lowest BCUT2D eigenvalue weighted by Gasteiger charge is -2.12.